The molecule has 0 radical (unpaired) electrons. The molecular weight excluding hydrogens is 508 g/mol. The lowest BCUT2D eigenvalue weighted by atomic mass is 9.26. The lowest BCUT2D eigenvalue weighted by molar-refractivity contribution is -0.379. The summed E-state index contributed by atoms with van der Waals surface area (Å²) >= 11 is 0. The molecule has 4 fully saturated rings. The van der Waals surface area contributed by atoms with E-state index < -0.39 is 40.2 Å². The van der Waals surface area contributed by atoms with Crippen LogP contribution in [0.25, 0.3) is 0 Å². The van der Waals surface area contributed by atoms with Crippen molar-refractivity contribution in [1.29, 1.82) is 0 Å². The Labute approximate surface area is 237 Å². The van der Waals surface area contributed by atoms with Gasteiger partial charge in [-0.15, -0.1) is 0 Å². The van der Waals surface area contributed by atoms with Gasteiger partial charge in [-0.2, -0.15) is 0 Å². The highest BCUT2D eigenvalue weighted by molar-refractivity contribution is 5.85. The van der Waals surface area contributed by atoms with Crippen LogP contribution in [0.3, 0.4) is 0 Å². The topological polar surface area (TPSA) is 102 Å². The van der Waals surface area contributed by atoms with E-state index in [4.69, 9.17) is 14.2 Å². The number of cyclic esters (lactones) is 1. The minimum Gasteiger partial charge on any atom is -0.493 e. The molecule has 218 valence electrons. The third-order valence-corrected chi connectivity index (χ3v) is 12.7. The summed E-state index contributed by atoms with van der Waals surface area (Å²) in [4.78, 5) is 25.7. The Bertz CT molecular complexity index is 1200. The van der Waals surface area contributed by atoms with Gasteiger partial charge in [0.05, 0.1) is 35.2 Å². The Morgan fingerprint density at radius 3 is 2.65 bits per heavy atom. The zero-order valence-corrected chi connectivity index (χ0v) is 24.0. The Hall–Kier alpha value is -2.12. The van der Waals surface area contributed by atoms with Crippen LogP contribution in [-0.4, -0.2) is 52.7 Å². The maximum absolute atomic E-state index is 13.8. The van der Waals surface area contributed by atoms with Crippen molar-refractivity contribution in [2.24, 2.45) is 27.6 Å². The van der Waals surface area contributed by atoms with E-state index >= 15 is 0 Å². The molecule has 2 N–H and O–H groups in total. The molecule has 0 saturated heterocycles. The van der Waals surface area contributed by atoms with Crippen LogP contribution < -0.4 is 0 Å². The third-order valence-electron chi connectivity index (χ3n) is 12.7. The van der Waals surface area contributed by atoms with Crippen molar-refractivity contribution in [1.82, 2.24) is 0 Å². The Morgan fingerprint density at radius 1 is 1.10 bits per heavy atom. The highest BCUT2D eigenvalue weighted by Crippen LogP contribution is 2.82. The first kappa shape index (κ1) is 26.8. The van der Waals surface area contributed by atoms with Gasteiger partial charge in [0, 0.05) is 11.5 Å². The van der Waals surface area contributed by atoms with E-state index in [1.807, 2.05) is 12.3 Å². The molecule has 4 saturated carbocycles. The number of ether oxygens (including phenoxy) is 3. The summed E-state index contributed by atoms with van der Waals surface area (Å²) in [5, 5.41) is 24.6. The molecule has 0 unspecified atom stereocenters. The van der Waals surface area contributed by atoms with Crippen molar-refractivity contribution in [3.05, 3.63) is 35.6 Å². The molecule has 4 bridgehead atoms. The molecule has 7 rings (SSSR count). The molecule has 7 heteroatoms. The summed E-state index contributed by atoms with van der Waals surface area (Å²) in [6, 6.07) is 0. The van der Waals surface area contributed by atoms with Gasteiger partial charge in [0.2, 0.25) is 0 Å². The number of hydrogen-bond donors (Lipinski definition) is 2. The maximum Gasteiger partial charge on any atom is 0.331 e. The minimum absolute atomic E-state index is 0.0808. The fourth-order valence-corrected chi connectivity index (χ4v) is 11.1. The number of hydrogen-bond acceptors (Lipinski definition) is 7. The highest BCUT2D eigenvalue weighted by atomic mass is 16.6. The Morgan fingerprint density at radius 2 is 1.90 bits per heavy atom. The van der Waals surface area contributed by atoms with Crippen molar-refractivity contribution in [3.63, 3.8) is 0 Å². The molecule has 0 aromatic rings. The van der Waals surface area contributed by atoms with Crippen LogP contribution >= 0.6 is 0 Å². The van der Waals surface area contributed by atoms with Gasteiger partial charge in [0.15, 0.2) is 0 Å². The molecule has 2 spiro atoms. The molecule has 8 atom stereocenters. The van der Waals surface area contributed by atoms with E-state index in [0.29, 0.717) is 25.7 Å². The zero-order valence-electron chi connectivity index (χ0n) is 24.0. The first-order valence-electron chi connectivity index (χ1n) is 15.6. The first-order valence-corrected chi connectivity index (χ1v) is 15.6. The van der Waals surface area contributed by atoms with Crippen molar-refractivity contribution in [2.45, 2.75) is 121 Å². The lowest BCUT2D eigenvalue weighted by Crippen LogP contribution is -2.86. The highest BCUT2D eigenvalue weighted by Gasteiger charge is 2.87. The van der Waals surface area contributed by atoms with Crippen LogP contribution in [0.4, 0.5) is 0 Å². The quantitative estimate of drug-likeness (QED) is 0.363. The summed E-state index contributed by atoms with van der Waals surface area (Å²) in [5.41, 5.74) is -1.69. The normalized spacial score (nSPS) is 47.4. The number of aliphatic hydroxyl groups excluding tert-OH is 2. The molecule has 0 aromatic carbocycles. The van der Waals surface area contributed by atoms with E-state index in [9.17, 15) is 19.8 Å². The molecule has 7 aliphatic rings. The average molecular weight is 553 g/mol. The van der Waals surface area contributed by atoms with Gasteiger partial charge >= 0.3 is 11.9 Å². The molecule has 40 heavy (non-hydrogen) atoms. The van der Waals surface area contributed by atoms with Gasteiger partial charge in [-0.25, -0.2) is 4.79 Å². The number of carbonyl (C=O) groups is 2. The van der Waals surface area contributed by atoms with Gasteiger partial charge in [-0.05, 0) is 80.8 Å². The second-order valence-corrected chi connectivity index (χ2v) is 14.3. The molecule has 0 aromatic heterocycles. The average Bonchev–Trinajstić information content (AvgIpc) is 3.36. The second kappa shape index (κ2) is 8.94. The van der Waals surface area contributed by atoms with E-state index in [1.54, 1.807) is 6.08 Å². The first-order chi connectivity index (χ1) is 19.1. The Kier molecular flexibility index (Phi) is 5.98. The fourth-order valence-electron chi connectivity index (χ4n) is 11.1. The molecule has 0 amide bonds. The second-order valence-electron chi connectivity index (χ2n) is 14.3. The molecule has 2 aliphatic heterocycles. The van der Waals surface area contributed by atoms with Crippen LogP contribution in [0, 0.1) is 27.6 Å². The predicted octanol–water partition coefficient (Wildman–Crippen LogP) is 5.05. The molecule has 5 aliphatic carbocycles. The standard InChI is InChI=1S/C33H44O7/c1-29-13-6-9-23-20-39-31(16-10-21-17-27(36)38-19-21)30(2)15-12-25(35)33(31,24(34)11-14-29)32(23,29)26(18-30)40-28(37)22-7-4-3-5-8-22/h12,15,17,20,22,24-26,34-35H,3-11,13-14,16,18-19H2,1-2H3/t24-,25-,26-,29-,30+,31-,32+,33+/m1/s1. The van der Waals surface area contributed by atoms with E-state index in [0.717, 1.165) is 62.5 Å². The minimum atomic E-state index is -1.10. The fraction of sp³-hybridized carbons (Fsp3) is 0.758. The lowest BCUT2D eigenvalue weighted by Gasteiger charge is -2.81. The number of esters is 2. The van der Waals surface area contributed by atoms with E-state index in [2.05, 4.69) is 19.9 Å². The van der Waals surface area contributed by atoms with Crippen LogP contribution in [0.1, 0.15) is 97.3 Å². The third kappa shape index (κ3) is 3.09. The maximum atomic E-state index is 13.8. The van der Waals surface area contributed by atoms with Crippen molar-refractivity contribution in [2.75, 3.05) is 6.61 Å². The van der Waals surface area contributed by atoms with Gasteiger partial charge < -0.3 is 24.4 Å². The van der Waals surface area contributed by atoms with Gasteiger partial charge in [-0.1, -0.05) is 45.3 Å². The van der Waals surface area contributed by atoms with Crippen molar-refractivity contribution in [3.8, 4) is 0 Å². The summed E-state index contributed by atoms with van der Waals surface area (Å²) in [7, 11) is 0. The number of rotatable bonds is 5. The van der Waals surface area contributed by atoms with Crippen LogP contribution in [-0.2, 0) is 23.8 Å². The van der Waals surface area contributed by atoms with Gasteiger partial charge in [0.1, 0.15) is 18.3 Å². The largest absolute Gasteiger partial charge is 0.493 e. The SMILES string of the molecule is C[C@]12CCCC3=CO[C@@]4(CCC5=CC(=O)OC5)[C@@]5([C@H](O)C=C[C@@]4(C)C[C@@H](OC(=O)C4CCCCC4)[C@@]315)[C@H](O)CC2. The summed E-state index contributed by atoms with van der Waals surface area (Å²) in [6.07, 6.45) is 16.0. The summed E-state index contributed by atoms with van der Waals surface area (Å²) in [5.74, 6) is -0.513. The number of carbonyl (C=O) groups excluding carboxylic acids is 2. The monoisotopic (exact) mass is 552 g/mol. The predicted molar refractivity (Wildman–Crippen MR) is 147 cm³/mol. The van der Waals surface area contributed by atoms with Crippen LogP contribution in [0.5, 0.6) is 0 Å². The van der Waals surface area contributed by atoms with Crippen LogP contribution in [0.15, 0.2) is 35.6 Å². The van der Waals surface area contributed by atoms with Crippen molar-refractivity contribution >= 4 is 11.9 Å². The van der Waals surface area contributed by atoms with Crippen LogP contribution in [0.2, 0.25) is 0 Å². The molecule has 2 heterocycles. The molecular formula is C33H44O7. The summed E-state index contributed by atoms with van der Waals surface area (Å²) < 4.78 is 18.9. The van der Waals surface area contributed by atoms with E-state index in [1.165, 1.54) is 6.42 Å². The summed E-state index contributed by atoms with van der Waals surface area (Å²) in [6.45, 7) is 4.73. The van der Waals surface area contributed by atoms with Gasteiger partial charge in [-0.3, -0.25) is 4.79 Å². The number of aliphatic hydroxyl groups is 2. The molecule has 7 nitrogen and oxygen atoms in total. The zero-order chi connectivity index (χ0) is 28.0. The van der Waals surface area contributed by atoms with Gasteiger partial charge in [0.25, 0.3) is 0 Å². The van der Waals surface area contributed by atoms with Crippen molar-refractivity contribution < 1.29 is 34.0 Å². The van der Waals surface area contributed by atoms with E-state index in [-0.39, 0.29) is 29.9 Å². The Balaban J connectivity index is 1.42. The smallest absolute Gasteiger partial charge is 0.331 e.